The molecule has 3 heteroatoms. The molecule has 0 aliphatic rings. The monoisotopic (exact) mass is 161 g/mol. The van der Waals surface area contributed by atoms with E-state index in [1.165, 1.54) is 7.11 Å². The molecule has 0 aliphatic carbocycles. The van der Waals surface area contributed by atoms with Crippen molar-refractivity contribution in [3.05, 3.63) is 0 Å². The highest BCUT2D eigenvalue weighted by molar-refractivity contribution is 5.71. The Morgan fingerprint density at radius 3 is 2.18 bits per heavy atom. The van der Waals surface area contributed by atoms with E-state index in [2.05, 4.69) is 10.1 Å². The molecule has 0 aromatic heterocycles. The summed E-state index contributed by atoms with van der Waals surface area (Å²) < 4.78 is 4.40. The van der Waals surface area contributed by atoms with E-state index in [0.717, 1.165) is 0 Å². The maximum Gasteiger partial charge on any atom is 0.319 e. The van der Waals surface area contributed by atoms with Crippen molar-refractivity contribution in [3.63, 3.8) is 0 Å². The van der Waals surface area contributed by atoms with Crippen LogP contribution in [0.3, 0.4) is 0 Å². The molecule has 3 nitrogen and oxygen atoms in total. The molecule has 11 heavy (non-hydrogen) atoms. The number of ether oxygens (including phenoxy) is 1. The van der Waals surface area contributed by atoms with Crippen molar-refractivity contribution in [2.45, 2.75) is 33.7 Å². The first-order valence-corrected chi connectivity index (χ1v) is 3.97. The van der Waals surface area contributed by atoms with Crippen LogP contribution in [0.1, 0.15) is 27.7 Å². The van der Waals surface area contributed by atoms with Gasteiger partial charge in [-0.2, -0.15) is 0 Å². The summed E-state index contributed by atoms with van der Waals surface area (Å²) in [5, 5.41) is 2.92. The molecule has 1 N–H and O–H groups in total. The van der Waals surface area contributed by atoms with E-state index in [4.69, 9.17) is 0 Å². The Hall–Kier alpha value is -0.570. The van der Waals surface area contributed by atoms with Crippen LogP contribution in [0.25, 0.3) is 0 Å². The summed E-state index contributed by atoms with van der Waals surface area (Å²) in [6.07, 6.45) is 0. The van der Waals surface area contributed by atoms with Crippen molar-refractivity contribution in [2.24, 2.45) is 0 Å². The first kappa shape index (κ1) is 13.1. The maximum atomic E-state index is 10.4. The minimum absolute atomic E-state index is 0.219. The van der Waals surface area contributed by atoms with Gasteiger partial charge in [0.15, 0.2) is 0 Å². The van der Waals surface area contributed by atoms with Crippen molar-refractivity contribution < 1.29 is 9.53 Å². The van der Waals surface area contributed by atoms with Crippen LogP contribution in [0.2, 0.25) is 0 Å². The van der Waals surface area contributed by atoms with Crippen LogP contribution in [0, 0.1) is 0 Å². The van der Waals surface area contributed by atoms with Gasteiger partial charge < -0.3 is 10.1 Å². The van der Waals surface area contributed by atoms with E-state index in [1.807, 2.05) is 27.7 Å². The summed E-state index contributed by atoms with van der Waals surface area (Å²) in [5.74, 6) is -0.219. The first-order valence-electron chi connectivity index (χ1n) is 3.97. The predicted molar refractivity (Wildman–Crippen MR) is 46.5 cm³/mol. The van der Waals surface area contributed by atoms with Gasteiger partial charge in [-0.1, -0.05) is 27.7 Å². The zero-order valence-corrected chi connectivity index (χ0v) is 8.10. The van der Waals surface area contributed by atoms with Gasteiger partial charge in [0.2, 0.25) is 0 Å². The minimum Gasteiger partial charge on any atom is -0.468 e. The number of rotatable bonds is 3. The summed E-state index contributed by atoms with van der Waals surface area (Å²) >= 11 is 0. The second-order valence-electron chi connectivity index (χ2n) is 2.11. The van der Waals surface area contributed by atoms with Gasteiger partial charge in [0.05, 0.1) is 13.7 Å². The van der Waals surface area contributed by atoms with Crippen LogP contribution < -0.4 is 5.32 Å². The van der Waals surface area contributed by atoms with Crippen molar-refractivity contribution in [3.8, 4) is 0 Å². The lowest BCUT2D eigenvalue weighted by Crippen LogP contribution is -2.29. The van der Waals surface area contributed by atoms with E-state index in [9.17, 15) is 4.79 Å². The molecule has 0 aromatic rings. The summed E-state index contributed by atoms with van der Waals surface area (Å²) in [6, 6.07) is 0.337. The Bertz CT molecular complexity index is 92.1. The van der Waals surface area contributed by atoms with E-state index in [0.29, 0.717) is 12.6 Å². The average Bonchev–Trinajstić information content (AvgIpc) is 2.04. The zero-order chi connectivity index (χ0) is 9.28. The molecule has 0 bridgehead atoms. The Balaban J connectivity index is 0. The standard InChI is InChI=1S/C6H13NO2.C2H6/c1-5(2)7-4-6(8)9-3;1-2/h5,7H,4H2,1-3H3;1-2H3. The summed E-state index contributed by atoms with van der Waals surface area (Å²) in [7, 11) is 1.38. The smallest absolute Gasteiger partial charge is 0.319 e. The van der Waals surface area contributed by atoms with Crippen LogP contribution in [-0.2, 0) is 9.53 Å². The minimum atomic E-state index is -0.219. The second-order valence-corrected chi connectivity index (χ2v) is 2.11. The SMILES string of the molecule is CC.COC(=O)CNC(C)C. The number of nitrogens with one attached hydrogen (secondary N) is 1. The fourth-order valence-corrected chi connectivity index (χ4v) is 0.360. The Kier molecular flexibility index (Phi) is 11.2. The number of methoxy groups -OCH3 is 1. The normalized spacial score (nSPS) is 8.55. The van der Waals surface area contributed by atoms with Gasteiger partial charge in [0, 0.05) is 6.04 Å². The predicted octanol–water partition coefficient (Wildman–Crippen LogP) is 1.18. The fraction of sp³-hybridized carbons (Fsp3) is 0.875. The molecule has 0 aromatic carbocycles. The van der Waals surface area contributed by atoms with Crippen molar-refractivity contribution in [2.75, 3.05) is 13.7 Å². The summed E-state index contributed by atoms with van der Waals surface area (Å²) in [6.45, 7) is 8.25. The highest BCUT2D eigenvalue weighted by Gasteiger charge is 1.98. The lowest BCUT2D eigenvalue weighted by atomic mass is 10.4. The topological polar surface area (TPSA) is 38.3 Å². The number of carbonyl (C=O) groups excluding carboxylic acids is 1. The lowest BCUT2D eigenvalue weighted by Gasteiger charge is -2.04. The van der Waals surface area contributed by atoms with Crippen LogP contribution >= 0.6 is 0 Å². The van der Waals surface area contributed by atoms with Gasteiger partial charge >= 0.3 is 5.97 Å². The largest absolute Gasteiger partial charge is 0.468 e. The average molecular weight is 161 g/mol. The van der Waals surface area contributed by atoms with E-state index >= 15 is 0 Å². The number of hydrogen-bond donors (Lipinski definition) is 1. The van der Waals surface area contributed by atoms with Crippen LogP contribution in [0.5, 0.6) is 0 Å². The number of esters is 1. The highest BCUT2D eigenvalue weighted by Crippen LogP contribution is 1.75. The molecule has 0 radical (unpaired) electrons. The molecule has 0 rings (SSSR count). The second kappa shape index (κ2) is 9.43. The van der Waals surface area contributed by atoms with E-state index in [1.54, 1.807) is 0 Å². The van der Waals surface area contributed by atoms with E-state index < -0.39 is 0 Å². The molecule has 0 fully saturated rings. The molecule has 0 heterocycles. The van der Waals surface area contributed by atoms with Gasteiger partial charge in [-0.05, 0) is 0 Å². The molecule has 68 valence electrons. The van der Waals surface area contributed by atoms with Gasteiger partial charge in [-0.3, -0.25) is 4.79 Å². The lowest BCUT2D eigenvalue weighted by molar-refractivity contribution is -0.139. The van der Waals surface area contributed by atoms with Crippen LogP contribution in [0.15, 0.2) is 0 Å². The quantitative estimate of drug-likeness (QED) is 0.632. The Labute approximate surface area is 69.1 Å². The van der Waals surface area contributed by atoms with Crippen LogP contribution in [-0.4, -0.2) is 25.7 Å². The third kappa shape index (κ3) is 12.6. The van der Waals surface area contributed by atoms with Gasteiger partial charge in [-0.15, -0.1) is 0 Å². The van der Waals surface area contributed by atoms with Crippen molar-refractivity contribution >= 4 is 5.97 Å². The van der Waals surface area contributed by atoms with Crippen molar-refractivity contribution in [1.29, 1.82) is 0 Å². The Morgan fingerprint density at radius 2 is 1.91 bits per heavy atom. The molecule has 0 aliphatic heterocycles. The first-order chi connectivity index (χ1) is 5.16. The molecule has 0 saturated heterocycles. The molecule has 0 atom stereocenters. The zero-order valence-electron chi connectivity index (χ0n) is 8.10. The van der Waals surface area contributed by atoms with Gasteiger partial charge in [0.25, 0.3) is 0 Å². The summed E-state index contributed by atoms with van der Waals surface area (Å²) in [4.78, 5) is 10.4. The van der Waals surface area contributed by atoms with Gasteiger partial charge in [0.1, 0.15) is 0 Å². The molecule has 0 saturated carbocycles. The highest BCUT2D eigenvalue weighted by atomic mass is 16.5. The Morgan fingerprint density at radius 1 is 1.45 bits per heavy atom. The molecule has 0 unspecified atom stereocenters. The number of hydrogen-bond acceptors (Lipinski definition) is 3. The van der Waals surface area contributed by atoms with Crippen LogP contribution in [0.4, 0.5) is 0 Å². The maximum absolute atomic E-state index is 10.4. The molecular formula is C8H19NO2. The van der Waals surface area contributed by atoms with E-state index in [-0.39, 0.29) is 5.97 Å². The summed E-state index contributed by atoms with van der Waals surface area (Å²) in [5.41, 5.74) is 0. The number of carbonyl (C=O) groups is 1. The van der Waals surface area contributed by atoms with Gasteiger partial charge in [-0.25, -0.2) is 0 Å². The molecular weight excluding hydrogens is 142 g/mol. The third-order valence-corrected chi connectivity index (χ3v) is 0.882. The van der Waals surface area contributed by atoms with Crippen molar-refractivity contribution in [1.82, 2.24) is 5.32 Å². The molecule has 0 spiro atoms. The molecule has 0 amide bonds. The fourth-order valence-electron chi connectivity index (χ4n) is 0.360. The third-order valence-electron chi connectivity index (χ3n) is 0.882.